The summed E-state index contributed by atoms with van der Waals surface area (Å²) >= 11 is 1.59. The predicted octanol–water partition coefficient (Wildman–Crippen LogP) is 2.20. The number of nitrogens with one attached hydrogen (secondary N) is 1. The molecule has 1 N–H and O–H groups in total. The second-order valence-corrected chi connectivity index (χ2v) is 7.25. The van der Waals surface area contributed by atoms with E-state index in [2.05, 4.69) is 20.4 Å². The molecule has 26 heavy (non-hydrogen) atoms. The lowest BCUT2D eigenvalue weighted by molar-refractivity contribution is 0.420. The summed E-state index contributed by atoms with van der Waals surface area (Å²) in [6.45, 7) is 1.93. The normalized spacial score (nSPS) is 13.8. The number of nitrogens with zero attached hydrogens (tertiary/aromatic N) is 4. The Balaban J connectivity index is 1.51. The summed E-state index contributed by atoms with van der Waals surface area (Å²) in [5.74, 6) is 0.902. The van der Waals surface area contributed by atoms with E-state index in [0.717, 1.165) is 40.9 Å². The fraction of sp³-hybridized carbons (Fsp3) is 0.222. The number of fused-ring (bicyclic) bond motifs is 3. The van der Waals surface area contributed by atoms with E-state index in [1.54, 1.807) is 22.2 Å². The summed E-state index contributed by atoms with van der Waals surface area (Å²) in [6, 6.07) is 9.57. The van der Waals surface area contributed by atoms with Gasteiger partial charge in [0.25, 0.3) is 11.4 Å². The molecule has 0 saturated heterocycles. The maximum absolute atomic E-state index is 13.0. The van der Waals surface area contributed by atoms with Crippen molar-refractivity contribution in [3.63, 3.8) is 0 Å². The van der Waals surface area contributed by atoms with Crippen LogP contribution < -0.4 is 10.9 Å². The zero-order chi connectivity index (χ0) is 17.5. The molecule has 0 saturated carbocycles. The van der Waals surface area contributed by atoms with E-state index in [1.165, 1.54) is 4.88 Å². The van der Waals surface area contributed by atoms with E-state index in [1.807, 2.05) is 30.3 Å². The highest BCUT2D eigenvalue weighted by Gasteiger charge is 2.20. The molecule has 0 fully saturated rings. The molecule has 1 aliphatic heterocycles. The number of hydrogen-bond acceptors (Lipinski definition) is 7. The first-order chi connectivity index (χ1) is 12.8. The molecule has 3 aromatic heterocycles. The molecule has 0 aliphatic carbocycles. The van der Waals surface area contributed by atoms with Gasteiger partial charge in [0.1, 0.15) is 4.83 Å². The summed E-state index contributed by atoms with van der Waals surface area (Å²) in [6.07, 6.45) is 2.43. The van der Waals surface area contributed by atoms with Crippen LogP contribution in [0.1, 0.15) is 16.3 Å². The molecule has 1 aromatic carbocycles. The number of thiophene rings is 1. The Morgan fingerprint density at radius 1 is 1.27 bits per heavy atom. The van der Waals surface area contributed by atoms with Crippen LogP contribution in [0.25, 0.3) is 21.7 Å². The molecule has 0 unspecified atom stereocenters. The second-order valence-electron chi connectivity index (χ2n) is 6.17. The molecule has 0 radical (unpaired) electrons. The van der Waals surface area contributed by atoms with Crippen LogP contribution in [0.2, 0.25) is 0 Å². The van der Waals surface area contributed by atoms with Gasteiger partial charge in [-0.25, -0.2) is 4.98 Å². The summed E-state index contributed by atoms with van der Waals surface area (Å²) in [4.78, 5) is 23.9. The molecule has 4 heterocycles. The Kier molecular flexibility index (Phi) is 3.65. The lowest BCUT2D eigenvalue weighted by Gasteiger charge is -2.12. The van der Waals surface area contributed by atoms with Crippen LogP contribution in [-0.2, 0) is 19.5 Å². The third-order valence-corrected chi connectivity index (χ3v) is 5.64. The first kappa shape index (κ1) is 15.4. The third-order valence-electron chi connectivity index (χ3n) is 4.50. The molecular weight excluding hydrogens is 350 g/mol. The van der Waals surface area contributed by atoms with Crippen LogP contribution in [0.3, 0.4) is 0 Å². The fourth-order valence-corrected chi connectivity index (χ4v) is 4.38. The highest BCUT2D eigenvalue weighted by atomic mass is 32.1. The predicted molar refractivity (Wildman–Crippen MR) is 98.1 cm³/mol. The van der Waals surface area contributed by atoms with Gasteiger partial charge >= 0.3 is 0 Å². The highest BCUT2D eigenvalue weighted by Crippen LogP contribution is 2.29. The maximum Gasteiger partial charge on any atom is 0.262 e. The van der Waals surface area contributed by atoms with Crippen molar-refractivity contribution in [3.8, 4) is 11.5 Å². The number of aromatic nitrogens is 4. The molecule has 130 valence electrons. The van der Waals surface area contributed by atoms with E-state index in [-0.39, 0.29) is 12.1 Å². The van der Waals surface area contributed by atoms with Crippen molar-refractivity contribution < 1.29 is 4.52 Å². The Morgan fingerprint density at radius 3 is 3.04 bits per heavy atom. The molecule has 0 spiro atoms. The molecule has 7 nitrogen and oxygen atoms in total. The van der Waals surface area contributed by atoms with Crippen LogP contribution in [0.4, 0.5) is 0 Å². The van der Waals surface area contributed by atoms with Gasteiger partial charge in [-0.1, -0.05) is 23.4 Å². The van der Waals surface area contributed by atoms with Gasteiger partial charge in [0.05, 0.1) is 18.3 Å². The van der Waals surface area contributed by atoms with Crippen molar-refractivity contribution in [2.45, 2.75) is 19.5 Å². The van der Waals surface area contributed by atoms with E-state index < -0.39 is 0 Å². The monoisotopic (exact) mass is 365 g/mol. The largest absolute Gasteiger partial charge is 0.334 e. The molecule has 0 atom stereocenters. The number of rotatable bonds is 3. The van der Waals surface area contributed by atoms with Crippen LogP contribution in [0.5, 0.6) is 0 Å². The zero-order valence-electron chi connectivity index (χ0n) is 13.8. The lowest BCUT2D eigenvalue weighted by atomic mass is 10.1. The molecule has 5 rings (SSSR count). The number of hydrogen-bond donors (Lipinski definition) is 1. The van der Waals surface area contributed by atoms with Gasteiger partial charge < -0.3 is 9.84 Å². The Hall–Kier alpha value is -2.84. The van der Waals surface area contributed by atoms with Crippen LogP contribution in [0.15, 0.2) is 46.0 Å². The van der Waals surface area contributed by atoms with E-state index in [9.17, 15) is 4.79 Å². The van der Waals surface area contributed by atoms with Gasteiger partial charge in [-0.2, -0.15) is 4.98 Å². The maximum atomic E-state index is 13.0. The average molecular weight is 365 g/mol. The Morgan fingerprint density at radius 2 is 2.15 bits per heavy atom. The Labute approximate surface area is 152 Å². The molecule has 4 aromatic rings. The van der Waals surface area contributed by atoms with Crippen molar-refractivity contribution in [1.29, 1.82) is 0 Å². The standard InChI is InChI=1S/C18H15N5O2S/c24-18-15-12-6-7-19-8-13(12)26-17(15)20-10-23(18)9-14-21-16(25-22-14)11-4-2-1-3-5-11/h1-5,10,19H,6-9H2. The molecule has 8 heteroatoms. The highest BCUT2D eigenvalue weighted by molar-refractivity contribution is 7.18. The first-order valence-corrected chi connectivity index (χ1v) is 9.19. The first-order valence-electron chi connectivity index (χ1n) is 8.38. The summed E-state index contributed by atoms with van der Waals surface area (Å²) < 4.78 is 6.88. The van der Waals surface area contributed by atoms with Gasteiger partial charge in [-0.3, -0.25) is 9.36 Å². The van der Waals surface area contributed by atoms with E-state index in [0.29, 0.717) is 11.7 Å². The van der Waals surface area contributed by atoms with Gasteiger partial charge in [-0.15, -0.1) is 11.3 Å². The van der Waals surface area contributed by atoms with Crippen molar-refractivity contribution in [1.82, 2.24) is 25.0 Å². The van der Waals surface area contributed by atoms with Crippen LogP contribution >= 0.6 is 11.3 Å². The van der Waals surface area contributed by atoms with Crippen molar-refractivity contribution in [2.24, 2.45) is 0 Å². The average Bonchev–Trinajstić information content (AvgIpc) is 3.29. The number of benzene rings is 1. The SMILES string of the molecule is O=c1c2c3c(sc2ncn1Cc1noc(-c2ccccc2)n1)CNCC3. The zero-order valence-corrected chi connectivity index (χ0v) is 14.6. The smallest absolute Gasteiger partial charge is 0.262 e. The third kappa shape index (κ3) is 2.54. The fourth-order valence-electron chi connectivity index (χ4n) is 3.23. The van der Waals surface area contributed by atoms with E-state index >= 15 is 0 Å². The summed E-state index contributed by atoms with van der Waals surface area (Å²) in [5.41, 5.74) is 1.95. The Bertz CT molecular complexity index is 1150. The second kappa shape index (κ2) is 6.15. The van der Waals surface area contributed by atoms with Gasteiger partial charge in [0.2, 0.25) is 0 Å². The van der Waals surface area contributed by atoms with Crippen LogP contribution in [-0.4, -0.2) is 26.2 Å². The lowest BCUT2D eigenvalue weighted by Crippen LogP contribution is -2.25. The molecule has 0 bridgehead atoms. The van der Waals surface area contributed by atoms with Crippen molar-refractivity contribution in [2.75, 3.05) is 6.54 Å². The minimum Gasteiger partial charge on any atom is -0.334 e. The van der Waals surface area contributed by atoms with E-state index in [4.69, 9.17) is 4.52 Å². The quantitative estimate of drug-likeness (QED) is 0.599. The van der Waals surface area contributed by atoms with Crippen molar-refractivity contribution in [3.05, 3.63) is 63.3 Å². The molecule has 1 aliphatic rings. The minimum absolute atomic E-state index is 0.0412. The van der Waals surface area contributed by atoms with Gasteiger partial charge in [-0.05, 0) is 30.7 Å². The molecule has 0 amide bonds. The van der Waals surface area contributed by atoms with Crippen LogP contribution in [0, 0.1) is 0 Å². The van der Waals surface area contributed by atoms with Gasteiger partial charge in [0.15, 0.2) is 5.82 Å². The minimum atomic E-state index is -0.0412. The van der Waals surface area contributed by atoms with Gasteiger partial charge in [0, 0.05) is 17.0 Å². The summed E-state index contributed by atoms with van der Waals surface area (Å²) in [5, 5.41) is 8.08. The molecular formula is C18H15N5O2S. The summed E-state index contributed by atoms with van der Waals surface area (Å²) in [7, 11) is 0. The van der Waals surface area contributed by atoms with Crippen molar-refractivity contribution >= 4 is 21.6 Å². The topological polar surface area (TPSA) is 85.8 Å².